The van der Waals surface area contributed by atoms with Crippen LogP contribution < -0.4 is 10.6 Å². The minimum atomic E-state index is -1.81. The summed E-state index contributed by atoms with van der Waals surface area (Å²) in [6.07, 6.45) is 0.880. The topological polar surface area (TPSA) is 134 Å². The Morgan fingerprint density at radius 1 is 1.21 bits per heavy atom. The summed E-state index contributed by atoms with van der Waals surface area (Å²) in [6, 6.07) is 3.57. The number of phenolic OH excluding ortho intramolecular Hbond substituents is 1. The fourth-order valence-corrected chi connectivity index (χ4v) is 5.62. The summed E-state index contributed by atoms with van der Waals surface area (Å²) >= 11 is 18.4. The first-order chi connectivity index (χ1) is 17.9. The minimum Gasteiger partial charge on any atom is -0.508 e. The molecule has 2 fully saturated rings. The van der Waals surface area contributed by atoms with E-state index < -0.39 is 51.7 Å². The second kappa shape index (κ2) is 11.4. The van der Waals surface area contributed by atoms with Crippen molar-refractivity contribution in [3.63, 3.8) is 0 Å². The van der Waals surface area contributed by atoms with E-state index in [0.717, 1.165) is 12.8 Å². The second-order valence-electron chi connectivity index (χ2n) is 9.33. The largest absolute Gasteiger partial charge is 0.508 e. The van der Waals surface area contributed by atoms with Crippen LogP contribution in [0.15, 0.2) is 35.5 Å². The first kappa shape index (κ1) is 28.7. The van der Waals surface area contributed by atoms with Crippen LogP contribution in [0.4, 0.5) is 4.79 Å². The maximum Gasteiger partial charge on any atom is 0.408 e. The highest BCUT2D eigenvalue weighted by atomic mass is 35.6. The monoisotopic (exact) mass is 605 g/mol. The van der Waals surface area contributed by atoms with Crippen LogP contribution in [0, 0.1) is 5.92 Å². The first-order valence-electron chi connectivity index (χ1n) is 11.8. The molecule has 206 valence electrons. The number of rotatable bonds is 8. The van der Waals surface area contributed by atoms with Crippen molar-refractivity contribution in [3.05, 3.63) is 41.1 Å². The van der Waals surface area contributed by atoms with Crippen molar-refractivity contribution >= 4 is 70.4 Å². The molecule has 4 atom stereocenters. The number of nitrogens with one attached hydrogen (secondary N) is 2. The van der Waals surface area contributed by atoms with Crippen LogP contribution in [0.3, 0.4) is 0 Å². The number of alkyl halides is 3. The Kier molecular flexibility index (Phi) is 8.61. The van der Waals surface area contributed by atoms with Gasteiger partial charge in [0.2, 0.25) is 9.70 Å². The Balaban J connectivity index is 1.46. The lowest BCUT2D eigenvalue weighted by Crippen LogP contribution is -2.71. The van der Waals surface area contributed by atoms with Gasteiger partial charge in [-0.3, -0.25) is 14.5 Å². The molecule has 2 aliphatic heterocycles. The maximum atomic E-state index is 13.3. The molecule has 0 spiro atoms. The molecule has 0 aromatic heterocycles. The molecule has 14 heteroatoms. The quantitative estimate of drug-likeness (QED) is 0.232. The number of β-lactam (4-membered cyclic amide) rings is 1. The molecule has 3 amide bonds. The highest BCUT2D eigenvalue weighted by molar-refractivity contribution is 8.00. The molecule has 2 heterocycles. The van der Waals surface area contributed by atoms with Crippen LogP contribution in [0.25, 0.3) is 0 Å². The molecule has 3 aliphatic rings. The fourth-order valence-electron chi connectivity index (χ4n) is 4.16. The lowest BCUT2D eigenvalue weighted by molar-refractivity contribution is -0.153. The second-order valence-corrected chi connectivity index (χ2v) is 13.0. The standard InChI is InChI=1S/C24H26Cl3N3O7S/c1-11-9-38-21-17(20(33)30(21)18(11)22(34)36-10-24(25,26)27)28-19(32)16(14-5-7-15(31)8-6-14)29-23(35)37-12(2)13-3-4-13/h5-8,12-13,16-17,21,31H,3-4,9-10H2,1-2H3,(H,28,32)(H,29,35)/t12?,16?,17?,21-/m1/s1. The summed E-state index contributed by atoms with van der Waals surface area (Å²) in [7, 11) is 0. The van der Waals surface area contributed by atoms with Crippen LogP contribution >= 0.6 is 46.6 Å². The molecule has 3 N–H and O–H groups in total. The maximum absolute atomic E-state index is 13.3. The summed E-state index contributed by atoms with van der Waals surface area (Å²) in [4.78, 5) is 52.9. The predicted molar refractivity (Wildman–Crippen MR) is 142 cm³/mol. The average molecular weight is 607 g/mol. The number of benzene rings is 1. The van der Waals surface area contributed by atoms with E-state index in [-0.39, 0.29) is 17.6 Å². The molecule has 0 bridgehead atoms. The van der Waals surface area contributed by atoms with E-state index in [0.29, 0.717) is 22.8 Å². The van der Waals surface area contributed by atoms with Crippen molar-refractivity contribution in [1.82, 2.24) is 15.5 Å². The highest BCUT2D eigenvalue weighted by Crippen LogP contribution is 2.41. The predicted octanol–water partition coefficient (Wildman–Crippen LogP) is 3.55. The van der Waals surface area contributed by atoms with Crippen LogP contribution in [0.2, 0.25) is 0 Å². The number of esters is 1. The van der Waals surface area contributed by atoms with Gasteiger partial charge in [-0.05, 0) is 55.9 Å². The van der Waals surface area contributed by atoms with Crippen molar-refractivity contribution in [2.45, 2.75) is 54.0 Å². The summed E-state index contributed by atoms with van der Waals surface area (Å²) in [5.74, 6) is -1.30. The number of nitrogens with zero attached hydrogens (tertiary/aromatic N) is 1. The van der Waals surface area contributed by atoms with Gasteiger partial charge in [0.1, 0.15) is 41.6 Å². The SMILES string of the molecule is CC1=C(C(=O)OCC(Cl)(Cl)Cl)N2C(=O)C(NC(=O)C(NC(=O)OC(C)C3CC3)c3ccc(O)cc3)[C@H]2SC1. The van der Waals surface area contributed by atoms with Gasteiger partial charge in [0.05, 0.1) is 0 Å². The zero-order chi connectivity index (χ0) is 27.8. The van der Waals surface area contributed by atoms with E-state index in [2.05, 4.69) is 10.6 Å². The number of hydrogen-bond donors (Lipinski definition) is 3. The van der Waals surface area contributed by atoms with E-state index in [1.54, 1.807) is 13.8 Å². The average Bonchev–Trinajstić information content (AvgIpc) is 3.70. The van der Waals surface area contributed by atoms with E-state index in [1.165, 1.54) is 40.9 Å². The van der Waals surface area contributed by atoms with Crippen molar-refractivity contribution in [2.24, 2.45) is 5.92 Å². The van der Waals surface area contributed by atoms with E-state index in [4.69, 9.17) is 44.3 Å². The smallest absolute Gasteiger partial charge is 0.408 e. The van der Waals surface area contributed by atoms with Crippen molar-refractivity contribution in [2.75, 3.05) is 12.4 Å². The molecular weight excluding hydrogens is 581 g/mol. The van der Waals surface area contributed by atoms with Crippen LogP contribution in [0.1, 0.15) is 38.3 Å². The Hall–Kier alpha value is -2.34. The molecule has 1 saturated heterocycles. The molecule has 1 aromatic carbocycles. The third-order valence-electron chi connectivity index (χ3n) is 6.35. The number of alkyl carbamates (subject to hydrolysis) is 1. The molecule has 38 heavy (non-hydrogen) atoms. The van der Waals surface area contributed by atoms with Gasteiger partial charge in [-0.25, -0.2) is 9.59 Å². The zero-order valence-electron chi connectivity index (χ0n) is 20.4. The van der Waals surface area contributed by atoms with Crippen LogP contribution in [-0.4, -0.2) is 67.6 Å². The van der Waals surface area contributed by atoms with Gasteiger partial charge in [0.25, 0.3) is 5.91 Å². The van der Waals surface area contributed by atoms with Gasteiger partial charge in [-0.1, -0.05) is 46.9 Å². The number of carbonyl (C=O) groups is 4. The molecule has 10 nitrogen and oxygen atoms in total. The van der Waals surface area contributed by atoms with Gasteiger partial charge in [-0.15, -0.1) is 11.8 Å². The fraction of sp³-hybridized carbons (Fsp3) is 0.500. The van der Waals surface area contributed by atoms with Crippen LogP contribution in [-0.2, 0) is 23.9 Å². The van der Waals surface area contributed by atoms with Gasteiger partial charge >= 0.3 is 12.1 Å². The number of hydrogen-bond acceptors (Lipinski definition) is 8. The van der Waals surface area contributed by atoms with Gasteiger partial charge < -0.3 is 25.2 Å². The molecule has 3 unspecified atom stereocenters. The van der Waals surface area contributed by atoms with Crippen LogP contribution in [0.5, 0.6) is 5.75 Å². The summed E-state index contributed by atoms with van der Waals surface area (Å²) in [5, 5.41) is 14.3. The van der Waals surface area contributed by atoms with Gasteiger partial charge in [0, 0.05) is 5.75 Å². The highest BCUT2D eigenvalue weighted by Gasteiger charge is 2.54. The number of carbonyl (C=O) groups excluding carboxylic acids is 4. The number of halogens is 3. The van der Waals surface area contributed by atoms with E-state index in [1.807, 2.05) is 0 Å². The number of ether oxygens (including phenoxy) is 2. The third-order valence-corrected chi connectivity index (χ3v) is 8.10. The van der Waals surface area contributed by atoms with Crippen molar-refractivity contribution in [3.8, 4) is 5.75 Å². The third kappa shape index (κ3) is 6.62. The summed E-state index contributed by atoms with van der Waals surface area (Å²) < 4.78 is 8.67. The summed E-state index contributed by atoms with van der Waals surface area (Å²) in [5.41, 5.74) is 1.03. The minimum absolute atomic E-state index is 0.0161. The Bertz CT molecular complexity index is 1150. The lowest BCUT2D eigenvalue weighted by atomic mass is 10.0. The van der Waals surface area contributed by atoms with Gasteiger partial charge in [0.15, 0.2) is 0 Å². The first-order valence-corrected chi connectivity index (χ1v) is 14.0. The Labute approximate surface area is 238 Å². The molecular formula is C24H26Cl3N3O7S. The number of aromatic hydroxyl groups is 1. The van der Waals surface area contributed by atoms with Gasteiger partial charge in [-0.2, -0.15) is 0 Å². The molecule has 0 radical (unpaired) electrons. The Morgan fingerprint density at radius 3 is 2.47 bits per heavy atom. The lowest BCUT2D eigenvalue weighted by Gasteiger charge is -2.49. The molecule has 1 aliphatic carbocycles. The molecule has 4 rings (SSSR count). The molecule has 1 saturated carbocycles. The van der Waals surface area contributed by atoms with Crippen molar-refractivity contribution < 1.29 is 33.8 Å². The number of phenols is 1. The summed E-state index contributed by atoms with van der Waals surface area (Å²) in [6.45, 7) is 2.98. The number of fused-ring (bicyclic) bond motifs is 1. The Morgan fingerprint density at radius 2 is 1.87 bits per heavy atom. The van der Waals surface area contributed by atoms with E-state index in [9.17, 15) is 24.3 Å². The number of thioether (sulfide) groups is 1. The zero-order valence-corrected chi connectivity index (χ0v) is 23.5. The number of amides is 3. The molecule has 1 aromatic rings. The normalized spacial score (nSPS) is 22.6. The van der Waals surface area contributed by atoms with Crippen molar-refractivity contribution in [1.29, 1.82) is 0 Å². The van der Waals surface area contributed by atoms with E-state index >= 15 is 0 Å².